The maximum absolute atomic E-state index is 13.2. The van der Waals surface area contributed by atoms with Crippen molar-refractivity contribution in [3.63, 3.8) is 0 Å². The molecule has 2 aromatic heterocycles. The van der Waals surface area contributed by atoms with Crippen LogP contribution in [0.25, 0.3) is 10.2 Å². The number of thiophene rings is 1. The fraction of sp³-hybridized carbons (Fsp3) is 0.381. The molecule has 0 bridgehead atoms. The number of anilines is 2. The molecule has 140 valence electrons. The van der Waals surface area contributed by atoms with Gasteiger partial charge in [-0.2, -0.15) is 0 Å². The molecule has 0 radical (unpaired) electrons. The summed E-state index contributed by atoms with van der Waals surface area (Å²) in [4.78, 5) is 26.3. The van der Waals surface area contributed by atoms with Gasteiger partial charge in [0.05, 0.1) is 10.9 Å². The van der Waals surface area contributed by atoms with Crippen molar-refractivity contribution in [2.24, 2.45) is 0 Å². The van der Waals surface area contributed by atoms with Gasteiger partial charge in [-0.3, -0.25) is 4.79 Å². The number of carbonyl (C=O) groups excluding carboxylic acids is 1. The van der Waals surface area contributed by atoms with Crippen molar-refractivity contribution in [2.45, 2.75) is 39.5 Å². The molecular formula is C21H24N4OS. The quantitative estimate of drug-likeness (QED) is 0.694. The predicted molar refractivity (Wildman–Crippen MR) is 112 cm³/mol. The molecule has 6 heteroatoms. The van der Waals surface area contributed by atoms with Crippen molar-refractivity contribution in [3.8, 4) is 0 Å². The minimum Gasteiger partial charge on any atom is -0.356 e. The van der Waals surface area contributed by atoms with Crippen LogP contribution >= 0.6 is 11.3 Å². The van der Waals surface area contributed by atoms with Crippen molar-refractivity contribution < 1.29 is 4.79 Å². The molecule has 4 rings (SSSR count). The van der Waals surface area contributed by atoms with Crippen molar-refractivity contribution in [2.75, 3.05) is 23.3 Å². The van der Waals surface area contributed by atoms with Crippen molar-refractivity contribution in [3.05, 3.63) is 46.6 Å². The summed E-state index contributed by atoms with van der Waals surface area (Å²) >= 11 is 1.56. The fourth-order valence-corrected chi connectivity index (χ4v) is 4.62. The van der Waals surface area contributed by atoms with E-state index in [0.717, 1.165) is 52.5 Å². The Labute approximate surface area is 163 Å². The minimum absolute atomic E-state index is 0.0881. The molecule has 0 atom stereocenters. The van der Waals surface area contributed by atoms with Crippen LogP contribution in [0.5, 0.6) is 0 Å². The maximum atomic E-state index is 13.2. The van der Waals surface area contributed by atoms with Crippen LogP contribution in [0.4, 0.5) is 11.5 Å². The molecule has 0 unspecified atom stereocenters. The summed E-state index contributed by atoms with van der Waals surface area (Å²) in [6.45, 7) is 8.25. The average molecular weight is 381 g/mol. The molecule has 1 fully saturated rings. The number of rotatable bonds is 4. The lowest BCUT2D eigenvalue weighted by molar-refractivity contribution is 0.102. The summed E-state index contributed by atoms with van der Waals surface area (Å²) in [6, 6.07) is 8.06. The number of aromatic nitrogens is 2. The second kappa shape index (κ2) is 7.27. The van der Waals surface area contributed by atoms with E-state index >= 15 is 0 Å². The summed E-state index contributed by atoms with van der Waals surface area (Å²) in [5.41, 5.74) is 2.73. The zero-order valence-corrected chi connectivity index (χ0v) is 16.8. The van der Waals surface area contributed by atoms with E-state index in [1.807, 2.05) is 25.1 Å². The minimum atomic E-state index is -0.0881. The number of aryl methyl sites for hydroxylation is 1. The SMILES string of the molecule is Cc1sc2ncnc(N3CCCC3)c2c1C(=O)Nc1cccc(C(C)C)c1. The Bertz CT molecular complexity index is 989. The van der Waals surface area contributed by atoms with Crippen LogP contribution in [0, 0.1) is 6.92 Å². The first-order valence-corrected chi connectivity index (χ1v) is 10.3. The first-order valence-electron chi connectivity index (χ1n) is 9.45. The number of hydrogen-bond acceptors (Lipinski definition) is 5. The number of fused-ring (bicyclic) bond motifs is 1. The summed E-state index contributed by atoms with van der Waals surface area (Å²) in [7, 11) is 0. The standard InChI is InChI=1S/C21H24N4OS/c1-13(2)15-7-6-8-16(11-15)24-20(26)17-14(3)27-21-18(17)19(22-12-23-21)25-9-4-5-10-25/h6-8,11-13H,4-5,9-10H2,1-3H3,(H,24,26). The molecule has 1 aromatic carbocycles. The highest BCUT2D eigenvalue weighted by Gasteiger charge is 2.25. The second-order valence-electron chi connectivity index (χ2n) is 7.34. The van der Waals surface area contributed by atoms with E-state index in [4.69, 9.17) is 0 Å². The van der Waals surface area contributed by atoms with E-state index < -0.39 is 0 Å². The van der Waals surface area contributed by atoms with Crippen molar-refractivity contribution in [1.29, 1.82) is 0 Å². The van der Waals surface area contributed by atoms with Crippen LogP contribution in [-0.2, 0) is 0 Å². The van der Waals surface area contributed by atoms with Gasteiger partial charge in [0.1, 0.15) is 17.0 Å². The fourth-order valence-electron chi connectivity index (χ4n) is 3.64. The van der Waals surface area contributed by atoms with Gasteiger partial charge in [-0.1, -0.05) is 26.0 Å². The lowest BCUT2D eigenvalue weighted by Crippen LogP contribution is -2.20. The molecule has 3 aromatic rings. The topological polar surface area (TPSA) is 58.1 Å². The second-order valence-corrected chi connectivity index (χ2v) is 8.54. The summed E-state index contributed by atoms with van der Waals surface area (Å²) in [6.07, 6.45) is 3.94. The molecule has 0 saturated carbocycles. The van der Waals surface area contributed by atoms with Gasteiger partial charge in [0.15, 0.2) is 0 Å². The van der Waals surface area contributed by atoms with E-state index in [0.29, 0.717) is 11.5 Å². The molecular weight excluding hydrogens is 356 g/mol. The Hall–Kier alpha value is -2.47. The Morgan fingerprint density at radius 2 is 2.00 bits per heavy atom. The molecule has 1 N–H and O–H groups in total. The Morgan fingerprint density at radius 1 is 1.22 bits per heavy atom. The van der Waals surface area contributed by atoms with Gasteiger partial charge in [-0.25, -0.2) is 9.97 Å². The van der Waals surface area contributed by atoms with E-state index in [2.05, 4.69) is 40.1 Å². The summed E-state index contributed by atoms with van der Waals surface area (Å²) in [5.74, 6) is 1.22. The van der Waals surface area contributed by atoms with Crippen LogP contribution in [0.2, 0.25) is 0 Å². The van der Waals surface area contributed by atoms with E-state index in [1.54, 1.807) is 17.7 Å². The molecule has 0 spiro atoms. The molecule has 1 aliphatic heterocycles. The van der Waals surface area contributed by atoms with E-state index in [1.165, 1.54) is 5.56 Å². The largest absolute Gasteiger partial charge is 0.356 e. The van der Waals surface area contributed by atoms with Gasteiger partial charge in [0.25, 0.3) is 5.91 Å². The van der Waals surface area contributed by atoms with Gasteiger partial charge >= 0.3 is 0 Å². The Balaban J connectivity index is 1.73. The van der Waals surface area contributed by atoms with Gasteiger partial charge in [-0.15, -0.1) is 11.3 Å². The lowest BCUT2D eigenvalue weighted by Gasteiger charge is -2.17. The monoisotopic (exact) mass is 380 g/mol. The van der Waals surface area contributed by atoms with Crippen LogP contribution in [-0.4, -0.2) is 29.0 Å². The molecule has 27 heavy (non-hydrogen) atoms. The van der Waals surface area contributed by atoms with E-state index in [-0.39, 0.29) is 5.91 Å². The molecule has 1 aliphatic rings. The van der Waals surface area contributed by atoms with Crippen molar-refractivity contribution in [1.82, 2.24) is 9.97 Å². The molecule has 3 heterocycles. The smallest absolute Gasteiger partial charge is 0.257 e. The van der Waals surface area contributed by atoms with Crippen LogP contribution in [0.3, 0.4) is 0 Å². The van der Waals surface area contributed by atoms with Gasteiger partial charge in [-0.05, 0) is 43.4 Å². The number of amides is 1. The highest BCUT2D eigenvalue weighted by Crippen LogP contribution is 2.36. The molecule has 1 amide bonds. The highest BCUT2D eigenvalue weighted by atomic mass is 32.1. The predicted octanol–water partition coefficient (Wildman–Crippen LogP) is 4.98. The lowest BCUT2D eigenvalue weighted by atomic mass is 10.0. The molecule has 0 aliphatic carbocycles. The zero-order valence-electron chi connectivity index (χ0n) is 16.0. The molecule has 5 nitrogen and oxygen atoms in total. The third kappa shape index (κ3) is 3.41. The first kappa shape index (κ1) is 17.9. The van der Waals surface area contributed by atoms with Gasteiger partial charge in [0.2, 0.25) is 0 Å². The maximum Gasteiger partial charge on any atom is 0.257 e. The number of carbonyl (C=O) groups is 1. The van der Waals surface area contributed by atoms with Gasteiger partial charge < -0.3 is 10.2 Å². The Morgan fingerprint density at radius 3 is 2.74 bits per heavy atom. The van der Waals surface area contributed by atoms with Crippen LogP contribution in [0.15, 0.2) is 30.6 Å². The summed E-state index contributed by atoms with van der Waals surface area (Å²) < 4.78 is 0. The first-order chi connectivity index (χ1) is 13.0. The normalized spacial score (nSPS) is 14.3. The third-order valence-electron chi connectivity index (χ3n) is 5.09. The third-order valence-corrected chi connectivity index (χ3v) is 6.10. The zero-order chi connectivity index (χ0) is 19.0. The average Bonchev–Trinajstić information content (AvgIpc) is 3.28. The number of nitrogens with one attached hydrogen (secondary N) is 1. The number of hydrogen-bond donors (Lipinski definition) is 1. The number of benzene rings is 1. The summed E-state index contributed by atoms with van der Waals surface area (Å²) in [5, 5.41) is 3.97. The van der Waals surface area contributed by atoms with Crippen molar-refractivity contribution >= 4 is 39.0 Å². The van der Waals surface area contributed by atoms with Crippen LogP contribution < -0.4 is 10.2 Å². The highest BCUT2D eigenvalue weighted by molar-refractivity contribution is 7.19. The number of nitrogens with zero attached hydrogens (tertiary/aromatic N) is 3. The van der Waals surface area contributed by atoms with E-state index in [9.17, 15) is 4.79 Å². The van der Waals surface area contributed by atoms with Crippen LogP contribution in [0.1, 0.15) is 53.4 Å². The van der Waals surface area contributed by atoms with Gasteiger partial charge in [0, 0.05) is 23.7 Å². The Kier molecular flexibility index (Phi) is 4.83. The molecule has 1 saturated heterocycles.